The molecule has 5 heteroatoms. The number of H-pyrrole nitrogens is 1. The molecular formula is C16H19N3O2. The third-order valence-electron chi connectivity index (χ3n) is 4.11. The predicted molar refractivity (Wildman–Crippen MR) is 81.0 cm³/mol. The molecule has 0 saturated carbocycles. The van der Waals surface area contributed by atoms with Gasteiger partial charge in [-0.3, -0.25) is 9.59 Å². The molecule has 0 atom stereocenters. The summed E-state index contributed by atoms with van der Waals surface area (Å²) in [5.41, 5.74) is 1.65. The van der Waals surface area contributed by atoms with Crippen LogP contribution in [0.3, 0.4) is 0 Å². The fourth-order valence-electron chi connectivity index (χ4n) is 2.86. The number of carbonyl (C=O) groups excluding carboxylic acids is 2. The molecule has 1 aliphatic heterocycles. The lowest BCUT2D eigenvalue weighted by Crippen LogP contribution is -2.45. The van der Waals surface area contributed by atoms with Crippen molar-refractivity contribution >= 4 is 22.7 Å². The summed E-state index contributed by atoms with van der Waals surface area (Å²) in [5.74, 6) is 0.0603. The summed E-state index contributed by atoms with van der Waals surface area (Å²) < 4.78 is 0. The van der Waals surface area contributed by atoms with Crippen LogP contribution in [0.5, 0.6) is 0 Å². The Bertz CT molecular complexity index is 669. The molecule has 110 valence electrons. The molecule has 0 spiro atoms. The lowest BCUT2D eigenvalue weighted by atomic mass is 10.0. The van der Waals surface area contributed by atoms with E-state index in [-0.39, 0.29) is 17.9 Å². The van der Waals surface area contributed by atoms with E-state index in [2.05, 4.69) is 10.3 Å². The number of aromatic amines is 1. The molecule has 5 nitrogen and oxygen atoms in total. The Labute approximate surface area is 123 Å². The number of amides is 2. The minimum absolute atomic E-state index is 0.0475. The number of piperidine rings is 1. The number of para-hydroxylation sites is 1. The van der Waals surface area contributed by atoms with Crippen LogP contribution in [0.1, 0.15) is 30.1 Å². The largest absolute Gasteiger partial charge is 0.360 e. The molecule has 0 radical (unpaired) electrons. The summed E-state index contributed by atoms with van der Waals surface area (Å²) in [5, 5.41) is 4.02. The molecule has 0 unspecified atom stereocenters. The zero-order valence-corrected chi connectivity index (χ0v) is 12.1. The quantitative estimate of drug-likeness (QED) is 0.885. The first-order valence-corrected chi connectivity index (χ1v) is 7.27. The van der Waals surface area contributed by atoms with E-state index in [1.165, 1.54) is 0 Å². The van der Waals surface area contributed by atoms with Crippen molar-refractivity contribution in [3.05, 3.63) is 36.0 Å². The topological polar surface area (TPSA) is 65.2 Å². The van der Waals surface area contributed by atoms with Crippen molar-refractivity contribution in [2.24, 2.45) is 0 Å². The number of hydrogen-bond acceptors (Lipinski definition) is 2. The molecule has 1 fully saturated rings. The molecule has 1 aliphatic rings. The summed E-state index contributed by atoms with van der Waals surface area (Å²) >= 11 is 0. The van der Waals surface area contributed by atoms with Gasteiger partial charge in [0.25, 0.3) is 5.91 Å². The Balaban J connectivity index is 1.66. The molecule has 0 bridgehead atoms. The van der Waals surface area contributed by atoms with Gasteiger partial charge in [0, 0.05) is 43.2 Å². The third kappa shape index (κ3) is 2.77. The highest BCUT2D eigenvalue weighted by molar-refractivity contribution is 6.06. The fourth-order valence-corrected chi connectivity index (χ4v) is 2.86. The first-order valence-electron chi connectivity index (χ1n) is 7.27. The Kier molecular flexibility index (Phi) is 3.64. The molecule has 2 amide bonds. The molecule has 0 aliphatic carbocycles. The van der Waals surface area contributed by atoms with E-state index >= 15 is 0 Å². The molecule has 21 heavy (non-hydrogen) atoms. The van der Waals surface area contributed by atoms with E-state index in [0.717, 1.165) is 23.7 Å². The normalized spacial score (nSPS) is 16.1. The zero-order chi connectivity index (χ0) is 14.8. The first-order chi connectivity index (χ1) is 10.1. The van der Waals surface area contributed by atoms with E-state index in [1.807, 2.05) is 29.2 Å². The standard InChI is InChI=1S/C16H19N3O2/c1-11(20)19-8-6-12(7-9-19)18-16(21)14-10-17-15-5-3-2-4-13(14)15/h2-5,10,12,17H,6-9H2,1H3,(H,18,21). The minimum Gasteiger partial charge on any atom is -0.360 e. The lowest BCUT2D eigenvalue weighted by molar-refractivity contribution is -0.129. The van der Waals surface area contributed by atoms with Crippen molar-refractivity contribution in [2.45, 2.75) is 25.8 Å². The zero-order valence-electron chi connectivity index (χ0n) is 12.1. The van der Waals surface area contributed by atoms with Gasteiger partial charge in [-0.2, -0.15) is 0 Å². The number of likely N-dealkylation sites (tertiary alicyclic amines) is 1. The van der Waals surface area contributed by atoms with Gasteiger partial charge in [0.1, 0.15) is 0 Å². The van der Waals surface area contributed by atoms with Crippen molar-refractivity contribution in [3.8, 4) is 0 Å². The summed E-state index contributed by atoms with van der Waals surface area (Å²) in [4.78, 5) is 28.6. The number of carbonyl (C=O) groups is 2. The summed E-state index contributed by atoms with van der Waals surface area (Å²) in [6.07, 6.45) is 3.38. The second kappa shape index (κ2) is 5.60. The summed E-state index contributed by atoms with van der Waals surface area (Å²) in [7, 11) is 0. The Morgan fingerprint density at radius 1 is 1.24 bits per heavy atom. The van der Waals surface area contributed by atoms with Crippen LogP contribution >= 0.6 is 0 Å². The Morgan fingerprint density at radius 3 is 2.67 bits per heavy atom. The highest BCUT2D eigenvalue weighted by Gasteiger charge is 2.23. The monoisotopic (exact) mass is 285 g/mol. The van der Waals surface area contributed by atoms with Gasteiger partial charge in [-0.25, -0.2) is 0 Å². The maximum Gasteiger partial charge on any atom is 0.253 e. The van der Waals surface area contributed by atoms with E-state index < -0.39 is 0 Å². The Morgan fingerprint density at radius 2 is 1.95 bits per heavy atom. The van der Waals surface area contributed by atoms with Gasteiger partial charge >= 0.3 is 0 Å². The highest BCUT2D eigenvalue weighted by atomic mass is 16.2. The van der Waals surface area contributed by atoms with Gasteiger partial charge in [-0.05, 0) is 18.9 Å². The second-order valence-electron chi connectivity index (χ2n) is 5.50. The summed E-state index contributed by atoms with van der Waals surface area (Å²) in [6, 6.07) is 7.91. The molecule has 2 heterocycles. The van der Waals surface area contributed by atoms with Crippen molar-refractivity contribution in [1.29, 1.82) is 0 Å². The summed E-state index contributed by atoms with van der Waals surface area (Å²) in [6.45, 7) is 3.02. The van der Waals surface area contributed by atoms with Crippen LogP contribution in [0.25, 0.3) is 10.9 Å². The number of fused-ring (bicyclic) bond motifs is 1. The maximum absolute atomic E-state index is 12.4. The molecular weight excluding hydrogens is 266 g/mol. The van der Waals surface area contributed by atoms with Crippen molar-refractivity contribution in [3.63, 3.8) is 0 Å². The smallest absolute Gasteiger partial charge is 0.253 e. The average molecular weight is 285 g/mol. The van der Waals surface area contributed by atoms with Crippen molar-refractivity contribution in [2.75, 3.05) is 13.1 Å². The molecule has 1 aromatic heterocycles. The number of nitrogens with zero attached hydrogens (tertiary/aromatic N) is 1. The lowest BCUT2D eigenvalue weighted by Gasteiger charge is -2.31. The number of aromatic nitrogens is 1. The molecule has 3 rings (SSSR count). The number of hydrogen-bond donors (Lipinski definition) is 2. The van der Waals surface area contributed by atoms with Gasteiger partial charge in [-0.15, -0.1) is 0 Å². The molecule has 2 N–H and O–H groups in total. The van der Waals surface area contributed by atoms with E-state index in [4.69, 9.17) is 0 Å². The second-order valence-corrected chi connectivity index (χ2v) is 5.50. The minimum atomic E-state index is -0.0475. The number of benzene rings is 1. The average Bonchev–Trinajstić information content (AvgIpc) is 2.92. The molecule has 1 saturated heterocycles. The van der Waals surface area contributed by atoms with Gasteiger partial charge in [0.05, 0.1) is 5.56 Å². The van der Waals surface area contributed by atoms with Crippen LogP contribution in [0.4, 0.5) is 0 Å². The van der Waals surface area contributed by atoms with Crippen molar-refractivity contribution < 1.29 is 9.59 Å². The van der Waals surface area contributed by atoms with Crippen LogP contribution in [-0.2, 0) is 4.79 Å². The van der Waals surface area contributed by atoms with Crippen LogP contribution in [0.15, 0.2) is 30.5 Å². The maximum atomic E-state index is 12.4. The van der Waals surface area contributed by atoms with Crippen LogP contribution < -0.4 is 5.32 Å². The van der Waals surface area contributed by atoms with Gasteiger partial charge in [0.15, 0.2) is 0 Å². The molecule has 1 aromatic carbocycles. The van der Waals surface area contributed by atoms with E-state index in [1.54, 1.807) is 13.1 Å². The van der Waals surface area contributed by atoms with E-state index in [9.17, 15) is 9.59 Å². The highest BCUT2D eigenvalue weighted by Crippen LogP contribution is 2.18. The van der Waals surface area contributed by atoms with Gasteiger partial charge < -0.3 is 15.2 Å². The van der Waals surface area contributed by atoms with Gasteiger partial charge in [-0.1, -0.05) is 18.2 Å². The van der Waals surface area contributed by atoms with Gasteiger partial charge in [0.2, 0.25) is 5.91 Å². The molecule has 2 aromatic rings. The van der Waals surface area contributed by atoms with Crippen molar-refractivity contribution in [1.82, 2.24) is 15.2 Å². The SMILES string of the molecule is CC(=O)N1CCC(NC(=O)c2c[nH]c3ccccc23)CC1. The fraction of sp³-hybridized carbons (Fsp3) is 0.375. The van der Waals surface area contributed by atoms with Crippen LogP contribution in [0, 0.1) is 0 Å². The first kappa shape index (κ1) is 13.7. The van der Waals surface area contributed by atoms with Crippen LogP contribution in [0.2, 0.25) is 0 Å². The predicted octanol–water partition coefficient (Wildman–Crippen LogP) is 1.91. The van der Waals surface area contributed by atoms with E-state index in [0.29, 0.717) is 18.7 Å². The number of nitrogens with one attached hydrogen (secondary N) is 2. The van der Waals surface area contributed by atoms with Crippen LogP contribution in [-0.4, -0.2) is 40.8 Å². The third-order valence-corrected chi connectivity index (χ3v) is 4.11. The number of rotatable bonds is 2. The Hall–Kier alpha value is -2.30.